The molecule has 258 valence electrons. The van der Waals surface area contributed by atoms with Gasteiger partial charge in [-0.25, -0.2) is 18.4 Å². The van der Waals surface area contributed by atoms with E-state index in [1.807, 2.05) is 37.3 Å². The predicted octanol–water partition coefficient (Wildman–Crippen LogP) is 7.15. The van der Waals surface area contributed by atoms with Gasteiger partial charge in [0.05, 0.1) is 11.0 Å². The van der Waals surface area contributed by atoms with Crippen LogP contribution in [0.3, 0.4) is 0 Å². The number of aryl methyl sites for hydroxylation is 3. The van der Waals surface area contributed by atoms with Crippen molar-refractivity contribution in [3.8, 4) is 11.4 Å². The van der Waals surface area contributed by atoms with E-state index in [1.165, 1.54) is 28.9 Å². The molecule has 3 N–H and O–H groups in total. The second-order valence-corrected chi connectivity index (χ2v) is 15.8. The molecule has 0 saturated heterocycles. The van der Waals surface area contributed by atoms with E-state index in [0.29, 0.717) is 41.3 Å². The molecule has 8 nitrogen and oxygen atoms in total. The topological polar surface area (TPSA) is 127 Å². The Morgan fingerprint density at radius 2 is 1.90 bits per heavy atom. The molecule has 0 radical (unpaired) electrons. The Bertz CT molecular complexity index is 2010. The molecule has 0 fully saturated rings. The number of aromatic amines is 1. The van der Waals surface area contributed by atoms with Gasteiger partial charge < -0.3 is 19.7 Å². The highest BCUT2D eigenvalue weighted by atomic mass is 32.2. The maximum Gasteiger partial charge on any atom is 0.303 e. The van der Waals surface area contributed by atoms with Crippen LogP contribution in [0.15, 0.2) is 60.8 Å². The van der Waals surface area contributed by atoms with Gasteiger partial charge in [0, 0.05) is 48.0 Å². The third kappa shape index (κ3) is 7.15. The summed E-state index contributed by atoms with van der Waals surface area (Å²) in [4.78, 5) is 19.3. The van der Waals surface area contributed by atoms with E-state index in [2.05, 4.69) is 18.8 Å². The fourth-order valence-electron chi connectivity index (χ4n) is 7.15. The number of H-pyrrole nitrogens is 1. The highest BCUT2D eigenvalue weighted by Crippen LogP contribution is 2.40. The summed E-state index contributed by atoms with van der Waals surface area (Å²) in [6.07, 6.45) is 3.10. The lowest BCUT2D eigenvalue weighted by Gasteiger charge is -2.31. The van der Waals surface area contributed by atoms with Gasteiger partial charge in [-0.15, -0.1) is 0 Å². The number of nitrogens with zero attached hydrogens (tertiary/aromatic N) is 3. The zero-order valence-electron chi connectivity index (χ0n) is 28.2. The molecule has 0 aliphatic carbocycles. The van der Waals surface area contributed by atoms with E-state index in [0.717, 1.165) is 29.4 Å². The number of aromatic nitrogens is 4. The molecule has 2 aromatic heterocycles. The van der Waals surface area contributed by atoms with Gasteiger partial charge in [-0.1, -0.05) is 61.8 Å². The smallest absolute Gasteiger partial charge is 0.303 e. The molecule has 1 aliphatic rings. The van der Waals surface area contributed by atoms with E-state index >= 15 is 8.78 Å². The van der Waals surface area contributed by atoms with Crippen molar-refractivity contribution < 1.29 is 28.3 Å². The van der Waals surface area contributed by atoms with E-state index in [4.69, 9.17) is 10.1 Å². The van der Waals surface area contributed by atoms with Gasteiger partial charge in [0.25, 0.3) is 0 Å². The maximum absolute atomic E-state index is 15.8. The van der Waals surface area contributed by atoms with E-state index in [-0.39, 0.29) is 40.8 Å². The number of hydrogen-bond acceptors (Lipinski definition) is 5. The van der Waals surface area contributed by atoms with Crippen LogP contribution in [0.5, 0.6) is 0 Å². The molecule has 1 aliphatic heterocycles. The highest BCUT2D eigenvalue weighted by molar-refractivity contribution is 7.91. The lowest BCUT2D eigenvalue weighted by molar-refractivity contribution is -0.136. The third-order valence-corrected chi connectivity index (χ3v) is 11.7. The average Bonchev–Trinajstić information content (AvgIpc) is 3.68. The fourth-order valence-corrected chi connectivity index (χ4v) is 8.74. The minimum absolute atomic E-state index is 0.00336. The minimum Gasteiger partial charge on any atom is -0.616 e. The van der Waals surface area contributed by atoms with Crippen LogP contribution in [0.2, 0.25) is 0 Å². The molecule has 0 amide bonds. The van der Waals surface area contributed by atoms with Crippen LogP contribution in [0.4, 0.5) is 8.78 Å². The normalized spacial score (nSPS) is 21.6. The molecule has 5 aromatic rings. The molecule has 3 unspecified atom stereocenters. The van der Waals surface area contributed by atoms with Gasteiger partial charge in [0.1, 0.15) is 29.2 Å². The first-order valence-electron chi connectivity index (χ1n) is 16.6. The third-order valence-electron chi connectivity index (χ3n) is 9.89. The maximum atomic E-state index is 15.8. The van der Waals surface area contributed by atoms with Gasteiger partial charge in [0.15, 0.2) is 11.6 Å². The summed E-state index contributed by atoms with van der Waals surface area (Å²) in [6, 6.07) is 15.1. The minimum atomic E-state index is -1.43. The molecular formula is C38H42F2N4O4S. The Kier molecular flexibility index (Phi) is 9.72. The van der Waals surface area contributed by atoms with Crippen molar-refractivity contribution in [3.63, 3.8) is 0 Å². The van der Waals surface area contributed by atoms with E-state index in [1.54, 1.807) is 13.2 Å². The predicted molar refractivity (Wildman–Crippen MR) is 187 cm³/mol. The number of carboxylic acids is 1. The van der Waals surface area contributed by atoms with Crippen LogP contribution in [-0.2, 0) is 41.3 Å². The van der Waals surface area contributed by atoms with E-state index < -0.39 is 40.3 Å². The monoisotopic (exact) mass is 688 g/mol. The van der Waals surface area contributed by atoms with Crippen molar-refractivity contribution in [2.45, 2.75) is 70.8 Å². The molecule has 3 heterocycles. The second-order valence-electron chi connectivity index (χ2n) is 14.2. The first-order chi connectivity index (χ1) is 23.3. The summed E-state index contributed by atoms with van der Waals surface area (Å²) in [5.74, 6) is -0.573. The summed E-state index contributed by atoms with van der Waals surface area (Å²) in [6.45, 7) is 6.24. The Hall–Kier alpha value is -4.06. The number of hydrogen-bond donors (Lipinski definition) is 3. The number of aliphatic hydroxyl groups excluding tert-OH is 1. The number of carboxylic acid groups (broad SMARTS) is 1. The summed E-state index contributed by atoms with van der Waals surface area (Å²) < 4.78 is 46.6. The average molecular weight is 689 g/mol. The van der Waals surface area contributed by atoms with Crippen molar-refractivity contribution in [1.29, 1.82) is 0 Å². The van der Waals surface area contributed by atoms with Gasteiger partial charge >= 0.3 is 5.97 Å². The van der Waals surface area contributed by atoms with Crippen LogP contribution in [0.25, 0.3) is 22.3 Å². The first kappa shape index (κ1) is 34.8. The van der Waals surface area contributed by atoms with Crippen LogP contribution in [0.1, 0.15) is 86.2 Å². The zero-order valence-corrected chi connectivity index (χ0v) is 29.0. The van der Waals surface area contributed by atoms with Gasteiger partial charge in [-0.05, 0) is 72.7 Å². The molecule has 6 rings (SSSR count). The quantitative estimate of drug-likeness (QED) is 0.172. The standard InChI is InChI=1S/C38H42F2N4O4S/c1-37(2)15-6-16-38(3,25-8-5-7-23(19-25)9-12-32(45)46)36-42-35(44(4)43-36)28-20-24(10-11-29(28)39)34(47)33-27(14-18-49(48)22-37)26-13-17-41-31(26)21-30(33)40/h5,7-8,10-11,13,17,19-21,34,41,47H,6,9,12,14-16,18,22H2,1-4H3,(H,45,46). The largest absolute Gasteiger partial charge is 0.616 e. The van der Waals surface area contributed by atoms with Crippen LogP contribution >= 0.6 is 0 Å². The molecule has 3 atom stereocenters. The fraction of sp³-hybridized carbons (Fsp3) is 0.395. The summed E-state index contributed by atoms with van der Waals surface area (Å²) >= 11 is -1.23. The Morgan fingerprint density at radius 3 is 2.67 bits per heavy atom. The number of fused-ring (bicyclic) bond motifs is 8. The van der Waals surface area contributed by atoms with Gasteiger partial charge in [-0.3, -0.25) is 4.79 Å². The molecule has 0 spiro atoms. The van der Waals surface area contributed by atoms with Crippen molar-refractivity contribution in [3.05, 3.63) is 106 Å². The summed E-state index contributed by atoms with van der Waals surface area (Å²) in [7, 11) is 1.69. The van der Waals surface area contributed by atoms with Gasteiger partial charge in [0.2, 0.25) is 0 Å². The number of aliphatic hydroxyl groups is 1. The Morgan fingerprint density at radius 1 is 1.10 bits per heavy atom. The van der Waals surface area contributed by atoms with Crippen molar-refractivity contribution in [2.24, 2.45) is 12.5 Å². The number of nitrogens with one attached hydrogen (secondary N) is 1. The molecule has 11 heteroatoms. The molecule has 49 heavy (non-hydrogen) atoms. The molecule has 4 bridgehead atoms. The Balaban J connectivity index is 1.50. The second kappa shape index (κ2) is 13.7. The lowest BCUT2D eigenvalue weighted by atomic mass is 9.75. The molecule has 3 aromatic carbocycles. The number of halogens is 2. The number of carbonyl (C=O) groups is 1. The van der Waals surface area contributed by atoms with Crippen LogP contribution in [-0.4, -0.2) is 52.0 Å². The van der Waals surface area contributed by atoms with Crippen molar-refractivity contribution >= 4 is 28.0 Å². The SMILES string of the molecule is Cn1nc2nc1-c1cc(ccc1F)C(O)c1c(F)cc3[nH]ccc3c1CC[S+]([O-])CC(C)(C)CCCC2(C)c1cccc(CCC(=O)O)c1. The highest BCUT2D eigenvalue weighted by Gasteiger charge is 2.36. The molecule has 0 saturated carbocycles. The summed E-state index contributed by atoms with van der Waals surface area (Å²) in [5, 5.41) is 26.6. The number of rotatable bonds is 4. The lowest BCUT2D eigenvalue weighted by Crippen LogP contribution is -2.29. The zero-order chi connectivity index (χ0) is 35.1. The van der Waals surface area contributed by atoms with Gasteiger partial charge in [-0.2, -0.15) is 5.10 Å². The van der Waals surface area contributed by atoms with Crippen molar-refractivity contribution in [2.75, 3.05) is 11.5 Å². The van der Waals surface area contributed by atoms with Crippen molar-refractivity contribution in [1.82, 2.24) is 19.7 Å². The van der Waals surface area contributed by atoms with E-state index in [9.17, 15) is 19.6 Å². The number of aliphatic carboxylic acids is 1. The van der Waals surface area contributed by atoms with Crippen LogP contribution < -0.4 is 0 Å². The van der Waals surface area contributed by atoms with Crippen LogP contribution in [0, 0.1) is 17.0 Å². The summed E-state index contributed by atoms with van der Waals surface area (Å²) in [5.41, 5.74) is 2.42. The Labute approximate surface area is 287 Å². The molecular weight excluding hydrogens is 647 g/mol. The first-order valence-corrected chi connectivity index (χ1v) is 18.1. The number of benzene rings is 3.